The number of benzene rings is 2. The molecule has 2 aromatic carbocycles. The maximum absolute atomic E-state index is 13.8. The third-order valence-corrected chi connectivity index (χ3v) is 10.6. The van der Waals surface area contributed by atoms with Crippen LogP contribution in [0.5, 0.6) is 5.75 Å². The van der Waals surface area contributed by atoms with Gasteiger partial charge in [0.15, 0.2) is 6.10 Å². The lowest BCUT2D eigenvalue weighted by Gasteiger charge is -2.29. The summed E-state index contributed by atoms with van der Waals surface area (Å²) in [5, 5.41) is 23.1. The number of epoxide rings is 1. The van der Waals surface area contributed by atoms with Gasteiger partial charge in [-0.1, -0.05) is 74.0 Å². The Morgan fingerprint density at radius 3 is 2.47 bits per heavy atom. The fraction of sp³-hybridized carbons (Fsp3) is 0.512. The molecule has 59 heavy (non-hydrogen) atoms. The molecule has 2 aliphatic rings. The number of carbonyl (C=O) groups excluding carboxylic acids is 4. The first-order chi connectivity index (χ1) is 28.0. The van der Waals surface area contributed by atoms with Crippen LogP contribution in [0, 0.1) is 17.3 Å². The van der Waals surface area contributed by atoms with Crippen LogP contribution >= 0.6 is 11.6 Å². The van der Waals surface area contributed by atoms with Gasteiger partial charge < -0.3 is 34.7 Å². The second-order valence-corrected chi connectivity index (χ2v) is 16.7. The highest BCUT2D eigenvalue weighted by molar-refractivity contribution is 6.32. The van der Waals surface area contributed by atoms with Gasteiger partial charge >= 0.3 is 17.9 Å². The molecule has 3 aromatic rings. The number of aromatic nitrogens is 3. The van der Waals surface area contributed by atoms with Crippen LogP contribution in [0.4, 0.5) is 0 Å². The Morgan fingerprint density at radius 2 is 1.80 bits per heavy atom. The van der Waals surface area contributed by atoms with Gasteiger partial charge in [-0.25, -0.2) is 9.48 Å². The lowest BCUT2D eigenvalue weighted by Crippen LogP contribution is -2.51. The number of nitrogens with one attached hydrogen (secondary N) is 2. The molecule has 5 rings (SSSR count). The smallest absolute Gasteiger partial charge is 0.347 e. The van der Waals surface area contributed by atoms with E-state index in [1.807, 2.05) is 51.2 Å². The number of amides is 2. The van der Waals surface area contributed by atoms with E-state index in [-0.39, 0.29) is 56.3 Å². The van der Waals surface area contributed by atoms with E-state index in [4.69, 9.17) is 35.7 Å². The van der Waals surface area contributed by atoms with Crippen molar-refractivity contribution in [2.24, 2.45) is 17.3 Å². The molecule has 1 saturated heterocycles. The van der Waals surface area contributed by atoms with E-state index in [1.54, 1.807) is 42.8 Å². The third kappa shape index (κ3) is 12.9. The van der Waals surface area contributed by atoms with Crippen molar-refractivity contribution in [1.29, 1.82) is 0 Å². The zero-order valence-corrected chi connectivity index (χ0v) is 35.1. The zero-order chi connectivity index (χ0) is 42.9. The van der Waals surface area contributed by atoms with Crippen molar-refractivity contribution < 1.29 is 48.0 Å². The van der Waals surface area contributed by atoms with Gasteiger partial charge in [0.1, 0.15) is 24.0 Å². The van der Waals surface area contributed by atoms with E-state index in [2.05, 4.69) is 20.9 Å². The number of cyclic esters (lactones) is 2. The number of methoxy groups -OCH3 is 1. The van der Waals surface area contributed by atoms with Crippen LogP contribution in [0.25, 0.3) is 0 Å². The summed E-state index contributed by atoms with van der Waals surface area (Å²) in [4.78, 5) is 65.1. The molecule has 0 bridgehead atoms. The second-order valence-electron chi connectivity index (χ2n) is 16.2. The van der Waals surface area contributed by atoms with Gasteiger partial charge in [0.05, 0.1) is 35.9 Å². The Labute approximate surface area is 349 Å². The van der Waals surface area contributed by atoms with E-state index in [0.717, 1.165) is 16.8 Å². The van der Waals surface area contributed by atoms with Gasteiger partial charge in [0.25, 0.3) is 0 Å². The van der Waals surface area contributed by atoms with Crippen LogP contribution in [0.2, 0.25) is 5.02 Å². The lowest BCUT2D eigenvalue weighted by molar-refractivity contribution is -0.179. The van der Waals surface area contributed by atoms with Gasteiger partial charge in [-0.05, 0) is 73.9 Å². The van der Waals surface area contributed by atoms with E-state index >= 15 is 0 Å². The molecule has 0 radical (unpaired) electrons. The van der Waals surface area contributed by atoms with Gasteiger partial charge in [0.2, 0.25) is 11.8 Å². The monoisotopic (exact) mass is 835 g/mol. The molecule has 0 spiro atoms. The number of esters is 2. The summed E-state index contributed by atoms with van der Waals surface area (Å²) >= 11 is 6.35. The molecule has 15 nitrogen and oxygen atoms in total. The Balaban J connectivity index is 1.31. The Morgan fingerprint density at radius 1 is 1.07 bits per heavy atom. The Hall–Kier alpha value is -5.28. The van der Waals surface area contributed by atoms with Gasteiger partial charge in [-0.3, -0.25) is 19.2 Å². The maximum Gasteiger partial charge on any atom is 0.347 e. The number of hydrogen-bond donors (Lipinski definition) is 3. The fourth-order valence-electron chi connectivity index (χ4n) is 6.77. The van der Waals surface area contributed by atoms with Crippen molar-refractivity contribution in [2.45, 2.75) is 110 Å². The van der Waals surface area contributed by atoms with Crippen molar-refractivity contribution in [3.63, 3.8) is 0 Å². The number of aliphatic carboxylic acids is 1. The molecule has 0 unspecified atom stereocenters. The molecule has 0 aliphatic carbocycles. The second kappa shape index (κ2) is 20.1. The molecule has 3 heterocycles. The summed E-state index contributed by atoms with van der Waals surface area (Å²) in [6.07, 6.45) is 3.73. The Bertz CT molecular complexity index is 2000. The minimum Gasteiger partial charge on any atom is -0.495 e. The average Bonchev–Trinajstić information content (AvgIpc) is 3.86. The summed E-state index contributed by atoms with van der Waals surface area (Å²) in [5.74, 6) is -3.17. The number of aryl methyl sites for hydroxylation is 1. The number of hydrogen-bond acceptors (Lipinski definition) is 11. The first kappa shape index (κ1) is 44.8. The normalized spacial score (nSPS) is 23.2. The molecule has 3 N–H and O–H groups in total. The summed E-state index contributed by atoms with van der Waals surface area (Å²) in [7, 11) is 1.50. The topological polar surface area (TPSA) is 201 Å². The summed E-state index contributed by atoms with van der Waals surface area (Å²) < 4.78 is 25.1. The zero-order valence-electron chi connectivity index (χ0n) is 34.3. The number of ether oxygens (including phenoxy) is 4. The van der Waals surface area contributed by atoms with Crippen LogP contribution in [0.1, 0.15) is 88.8 Å². The number of carboxylic acids is 1. The highest BCUT2D eigenvalue weighted by Crippen LogP contribution is 2.45. The van der Waals surface area contributed by atoms with Crippen LogP contribution in [-0.2, 0) is 57.6 Å². The number of rotatable bonds is 14. The van der Waals surface area contributed by atoms with Crippen molar-refractivity contribution in [3.8, 4) is 5.75 Å². The quantitative estimate of drug-likeness (QED) is 0.142. The lowest BCUT2D eigenvalue weighted by atomic mass is 9.92. The standard InChI is InChI=1S/C43H54ClN5O10/c1-25(2)19-35-41(54)57-33(26(3)38-39(59-38)29-16-13-27(14-17-29)22-49-23-30(47-48-49)9-7-12-37(51)52)10-8-11-36(50)46-32(21-28-15-18-34(56-6)31(44)20-28)40(53)45-24-43(4,5)42(55)58-35/h8,11,13-18,20,23,25-26,32-33,35,38-39H,7,9-10,12,19,21-22,24H2,1-6H3,(H,45,53)(H,46,50)(H,51,52)/t26-,32+,33-,35-,38+,39+/m0/s1. The number of halogens is 1. The first-order valence-corrected chi connectivity index (χ1v) is 20.2. The first-order valence-electron chi connectivity index (χ1n) is 19.9. The molecular weight excluding hydrogens is 782 g/mol. The minimum absolute atomic E-state index is 0.0185. The molecule has 0 saturated carbocycles. The van der Waals surface area contributed by atoms with E-state index in [1.165, 1.54) is 13.2 Å². The largest absolute Gasteiger partial charge is 0.495 e. The van der Waals surface area contributed by atoms with E-state index in [9.17, 15) is 24.0 Å². The van der Waals surface area contributed by atoms with E-state index < -0.39 is 53.4 Å². The summed E-state index contributed by atoms with van der Waals surface area (Å²) in [6, 6.07) is 12.0. The predicted octanol–water partition coefficient (Wildman–Crippen LogP) is 5.17. The van der Waals surface area contributed by atoms with Crippen LogP contribution in [-0.4, -0.2) is 87.8 Å². The highest BCUT2D eigenvalue weighted by atomic mass is 35.5. The molecular formula is C43H54ClN5O10. The SMILES string of the molecule is COc1ccc(C[C@H]2NC(=O)C=CC[C@@H]([C@H](C)[C@H]3O[C@@H]3c3ccc(Cn4cc(CCCC(=O)O)nn4)cc3)OC(=O)[C@H](CC(C)C)OC(=O)C(C)(C)CNC2=O)cc1Cl. The minimum atomic E-state index is -1.24. The fourth-order valence-corrected chi connectivity index (χ4v) is 7.05. The summed E-state index contributed by atoms with van der Waals surface area (Å²) in [5.41, 5.74) is 2.09. The number of carboxylic acid groups (broad SMARTS) is 1. The van der Waals surface area contributed by atoms with Crippen molar-refractivity contribution >= 4 is 41.3 Å². The molecule has 2 amide bonds. The van der Waals surface area contributed by atoms with Crippen molar-refractivity contribution in [1.82, 2.24) is 25.6 Å². The van der Waals surface area contributed by atoms with Gasteiger partial charge in [0, 0.05) is 37.9 Å². The van der Waals surface area contributed by atoms with E-state index in [0.29, 0.717) is 35.7 Å². The molecule has 318 valence electrons. The van der Waals surface area contributed by atoms with Gasteiger partial charge in [-0.2, -0.15) is 0 Å². The highest BCUT2D eigenvalue weighted by Gasteiger charge is 2.48. The van der Waals surface area contributed by atoms with Crippen molar-refractivity contribution in [2.75, 3.05) is 13.7 Å². The van der Waals surface area contributed by atoms with Crippen LogP contribution < -0.4 is 15.4 Å². The maximum atomic E-state index is 13.8. The van der Waals surface area contributed by atoms with Crippen LogP contribution in [0.15, 0.2) is 60.8 Å². The molecule has 6 atom stereocenters. The number of carbonyl (C=O) groups is 5. The summed E-state index contributed by atoms with van der Waals surface area (Å²) in [6.45, 7) is 9.30. The third-order valence-electron chi connectivity index (χ3n) is 10.3. The molecule has 1 fully saturated rings. The average molecular weight is 836 g/mol. The Kier molecular flexibility index (Phi) is 15.3. The van der Waals surface area contributed by atoms with Crippen LogP contribution in [0.3, 0.4) is 0 Å². The number of nitrogens with zero attached hydrogens (tertiary/aromatic N) is 3. The molecule has 16 heteroatoms. The van der Waals surface area contributed by atoms with Crippen molar-refractivity contribution in [3.05, 3.63) is 88.2 Å². The predicted molar refractivity (Wildman–Crippen MR) is 216 cm³/mol. The molecule has 2 aliphatic heterocycles. The molecule has 1 aromatic heterocycles. The van der Waals surface area contributed by atoms with Gasteiger partial charge in [-0.15, -0.1) is 5.10 Å².